The fourth-order valence-electron chi connectivity index (χ4n) is 4.90. The Morgan fingerprint density at radius 2 is 1.85 bits per heavy atom. The maximum Gasteiger partial charge on any atom is 0.132 e. The molecule has 5 rings (SSSR count). The van der Waals surface area contributed by atoms with E-state index in [1.165, 1.54) is 5.69 Å². The molecule has 174 valence electrons. The van der Waals surface area contributed by atoms with Gasteiger partial charge in [0.25, 0.3) is 0 Å². The highest BCUT2D eigenvalue weighted by molar-refractivity contribution is 5.81. The molecule has 33 heavy (non-hydrogen) atoms. The van der Waals surface area contributed by atoms with E-state index in [-0.39, 0.29) is 5.92 Å². The van der Waals surface area contributed by atoms with Gasteiger partial charge in [-0.05, 0) is 76.2 Å². The Kier molecular flexibility index (Phi) is 6.19. The van der Waals surface area contributed by atoms with Crippen molar-refractivity contribution in [2.45, 2.75) is 25.4 Å². The van der Waals surface area contributed by atoms with Crippen LogP contribution in [-0.2, 0) is 10.3 Å². The summed E-state index contributed by atoms with van der Waals surface area (Å²) in [6, 6.07) is 14.3. The molecule has 1 atom stereocenters. The molecule has 0 aliphatic carbocycles. The first-order valence-electron chi connectivity index (χ1n) is 11.9. The van der Waals surface area contributed by atoms with Crippen LogP contribution in [0, 0.1) is 5.92 Å². The largest absolute Gasteiger partial charge is 0.384 e. The Labute approximate surface area is 195 Å². The van der Waals surface area contributed by atoms with Gasteiger partial charge in [-0.15, -0.1) is 0 Å². The Hall–Kier alpha value is -2.74. The van der Waals surface area contributed by atoms with Crippen molar-refractivity contribution in [2.75, 3.05) is 56.7 Å². The average Bonchev–Trinajstić information content (AvgIpc) is 2.84. The van der Waals surface area contributed by atoms with Crippen molar-refractivity contribution in [3.8, 4) is 0 Å². The van der Waals surface area contributed by atoms with Crippen LogP contribution in [0.3, 0.4) is 0 Å². The summed E-state index contributed by atoms with van der Waals surface area (Å²) in [5.74, 6) is 0.950. The highest BCUT2D eigenvalue weighted by Crippen LogP contribution is 2.36. The normalized spacial score (nSPS) is 20.0. The van der Waals surface area contributed by atoms with Gasteiger partial charge in [0.15, 0.2) is 0 Å². The molecule has 0 radical (unpaired) electrons. The number of ether oxygens (including phenoxy) is 1. The van der Waals surface area contributed by atoms with E-state index in [4.69, 9.17) is 9.72 Å². The van der Waals surface area contributed by atoms with Gasteiger partial charge in [0.1, 0.15) is 11.4 Å². The first-order chi connectivity index (χ1) is 16.0. The highest BCUT2D eigenvalue weighted by Gasteiger charge is 2.36. The number of hydrogen-bond donors (Lipinski definition) is 2. The second kappa shape index (κ2) is 9.25. The summed E-state index contributed by atoms with van der Waals surface area (Å²) in [7, 11) is 2.14. The van der Waals surface area contributed by atoms with Crippen LogP contribution in [0.15, 0.2) is 48.7 Å². The number of benzene rings is 1. The molecule has 0 saturated carbocycles. The lowest BCUT2D eigenvalue weighted by Crippen LogP contribution is -2.41. The van der Waals surface area contributed by atoms with Crippen molar-refractivity contribution < 1.29 is 9.84 Å². The van der Waals surface area contributed by atoms with Gasteiger partial charge >= 0.3 is 0 Å². The van der Waals surface area contributed by atoms with Crippen molar-refractivity contribution in [3.05, 3.63) is 54.4 Å². The third-order valence-electron chi connectivity index (χ3n) is 7.10. The number of morpholine rings is 1. The molecule has 0 spiro atoms. The van der Waals surface area contributed by atoms with Gasteiger partial charge in [-0.25, -0.2) is 9.97 Å². The zero-order chi connectivity index (χ0) is 22.8. The molecule has 2 N–H and O–H groups in total. The van der Waals surface area contributed by atoms with E-state index in [1.807, 2.05) is 37.4 Å². The first-order valence-corrected chi connectivity index (χ1v) is 11.9. The van der Waals surface area contributed by atoms with E-state index in [2.05, 4.69) is 45.3 Å². The van der Waals surface area contributed by atoms with Gasteiger partial charge in [0, 0.05) is 42.1 Å². The number of pyridine rings is 2. The van der Waals surface area contributed by atoms with E-state index in [0.717, 1.165) is 80.3 Å². The number of likely N-dealkylation sites (tertiary alicyclic amines) is 1. The molecule has 2 aromatic heterocycles. The van der Waals surface area contributed by atoms with Gasteiger partial charge in [-0.3, -0.25) is 0 Å². The third-order valence-corrected chi connectivity index (χ3v) is 7.10. The van der Waals surface area contributed by atoms with Crippen LogP contribution in [-0.4, -0.2) is 66.4 Å². The van der Waals surface area contributed by atoms with Gasteiger partial charge in [-0.1, -0.05) is 6.07 Å². The number of aromatic nitrogens is 2. The lowest BCUT2D eigenvalue weighted by molar-refractivity contribution is -0.0334. The highest BCUT2D eigenvalue weighted by atomic mass is 16.5. The summed E-state index contributed by atoms with van der Waals surface area (Å²) in [5.41, 5.74) is 2.79. The lowest BCUT2D eigenvalue weighted by atomic mass is 9.79. The third kappa shape index (κ3) is 4.81. The number of piperidine rings is 1. The molecule has 2 aliphatic heterocycles. The van der Waals surface area contributed by atoms with Crippen LogP contribution in [0.25, 0.3) is 10.9 Å². The van der Waals surface area contributed by atoms with Crippen LogP contribution in [0.4, 0.5) is 17.2 Å². The van der Waals surface area contributed by atoms with Gasteiger partial charge in [0.2, 0.25) is 0 Å². The monoisotopic (exact) mass is 447 g/mol. The number of nitrogens with zero attached hydrogens (tertiary/aromatic N) is 4. The molecule has 2 aliphatic rings. The molecule has 0 amide bonds. The van der Waals surface area contributed by atoms with E-state index < -0.39 is 5.60 Å². The molecule has 0 bridgehead atoms. The van der Waals surface area contributed by atoms with Crippen molar-refractivity contribution in [1.29, 1.82) is 0 Å². The summed E-state index contributed by atoms with van der Waals surface area (Å²) in [6.07, 6.45) is 3.79. The van der Waals surface area contributed by atoms with E-state index in [1.54, 1.807) is 0 Å². The fraction of sp³-hybridized carbons (Fsp3) is 0.462. The summed E-state index contributed by atoms with van der Waals surface area (Å²) in [4.78, 5) is 14.1. The van der Waals surface area contributed by atoms with Crippen LogP contribution < -0.4 is 10.2 Å². The predicted octanol–water partition coefficient (Wildman–Crippen LogP) is 3.76. The van der Waals surface area contributed by atoms with Gasteiger partial charge < -0.3 is 25.0 Å². The minimum absolute atomic E-state index is 0.209. The molecule has 0 unspecified atom stereocenters. The molecule has 4 heterocycles. The molecule has 7 heteroatoms. The van der Waals surface area contributed by atoms with Crippen LogP contribution in [0.1, 0.15) is 25.5 Å². The lowest BCUT2D eigenvalue weighted by Gasteiger charge is -2.38. The number of anilines is 3. The number of nitrogens with one attached hydrogen (secondary N) is 1. The molecular weight excluding hydrogens is 414 g/mol. The van der Waals surface area contributed by atoms with E-state index in [0.29, 0.717) is 0 Å². The predicted molar refractivity (Wildman–Crippen MR) is 132 cm³/mol. The second-order valence-electron chi connectivity index (χ2n) is 9.46. The topological polar surface area (TPSA) is 73.8 Å². The summed E-state index contributed by atoms with van der Waals surface area (Å²) in [6.45, 7) is 7.27. The maximum atomic E-state index is 11.4. The minimum atomic E-state index is -0.946. The van der Waals surface area contributed by atoms with Gasteiger partial charge in [0.05, 0.1) is 24.4 Å². The fourth-order valence-corrected chi connectivity index (χ4v) is 4.90. The maximum absolute atomic E-state index is 11.4. The smallest absolute Gasteiger partial charge is 0.132 e. The molecule has 2 fully saturated rings. The molecule has 3 aromatic rings. The number of rotatable bonds is 5. The summed E-state index contributed by atoms with van der Waals surface area (Å²) >= 11 is 0. The van der Waals surface area contributed by atoms with Crippen LogP contribution in [0.5, 0.6) is 0 Å². The molecule has 7 nitrogen and oxygen atoms in total. The van der Waals surface area contributed by atoms with E-state index in [9.17, 15) is 5.11 Å². The Balaban J connectivity index is 1.37. The second-order valence-corrected chi connectivity index (χ2v) is 9.46. The number of hydrogen-bond acceptors (Lipinski definition) is 7. The number of fused-ring (bicyclic) bond motifs is 1. The minimum Gasteiger partial charge on any atom is -0.384 e. The summed E-state index contributed by atoms with van der Waals surface area (Å²) in [5, 5.41) is 15.8. The van der Waals surface area contributed by atoms with Gasteiger partial charge in [-0.2, -0.15) is 0 Å². The standard InChI is InChI=1S/C26H33N5O2/c1-26(32,20-8-10-30(2)11-9-20)24-7-6-19-18-27-25(17-23(19)29-24)28-21-4-3-5-22(16-21)31-12-14-33-15-13-31/h3-7,16-18,20,32H,8-15H2,1-2H3,(H,27,28)/t26-/m1/s1. The number of aliphatic hydroxyl groups is 1. The van der Waals surface area contributed by atoms with Crippen molar-refractivity contribution >= 4 is 28.1 Å². The zero-order valence-electron chi connectivity index (χ0n) is 19.5. The van der Waals surface area contributed by atoms with Crippen LogP contribution >= 0.6 is 0 Å². The van der Waals surface area contributed by atoms with Crippen molar-refractivity contribution in [1.82, 2.24) is 14.9 Å². The average molecular weight is 448 g/mol. The Morgan fingerprint density at radius 1 is 1.06 bits per heavy atom. The Bertz CT molecular complexity index is 1100. The zero-order valence-corrected chi connectivity index (χ0v) is 19.5. The molecule has 1 aromatic carbocycles. The van der Waals surface area contributed by atoms with Crippen molar-refractivity contribution in [3.63, 3.8) is 0 Å². The summed E-state index contributed by atoms with van der Waals surface area (Å²) < 4.78 is 5.47. The SMILES string of the molecule is CN1CCC([C@@](C)(O)c2ccc3cnc(Nc4cccc(N5CCOCC5)c4)cc3n2)CC1. The van der Waals surface area contributed by atoms with Crippen molar-refractivity contribution in [2.24, 2.45) is 5.92 Å². The first kappa shape index (κ1) is 22.1. The van der Waals surface area contributed by atoms with E-state index >= 15 is 0 Å². The molecule has 2 saturated heterocycles. The Morgan fingerprint density at radius 3 is 2.64 bits per heavy atom. The molecular formula is C26H33N5O2. The van der Waals surface area contributed by atoms with Crippen LogP contribution in [0.2, 0.25) is 0 Å². The quantitative estimate of drug-likeness (QED) is 0.617.